The van der Waals surface area contributed by atoms with E-state index in [1.807, 2.05) is 12.1 Å². The highest BCUT2D eigenvalue weighted by atomic mass is 16.1. The largest absolute Gasteiger partial charge is 0.322 e. The highest BCUT2D eigenvalue weighted by Gasteiger charge is 2.34. The Labute approximate surface area is 201 Å². The second-order valence-corrected chi connectivity index (χ2v) is 10.4. The van der Waals surface area contributed by atoms with Crippen LogP contribution in [0.1, 0.15) is 107 Å². The van der Waals surface area contributed by atoms with E-state index in [0.717, 1.165) is 48.0 Å². The van der Waals surface area contributed by atoms with Crippen LogP contribution in [0.4, 0.5) is 0 Å². The molecule has 0 radical (unpaired) electrons. The molecular formula is C27H38N6O. The summed E-state index contributed by atoms with van der Waals surface area (Å²) in [7, 11) is 0. The highest BCUT2D eigenvalue weighted by Crippen LogP contribution is 2.36. The molecule has 1 atom stereocenters. The molecule has 1 N–H and O–H groups in total. The van der Waals surface area contributed by atoms with E-state index in [-0.39, 0.29) is 11.6 Å². The van der Waals surface area contributed by atoms with Gasteiger partial charge in [0.1, 0.15) is 0 Å². The Balaban J connectivity index is 1.54. The molecular weight excluding hydrogens is 424 g/mol. The first-order valence-corrected chi connectivity index (χ1v) is 13.3. The first-order valence-electron chi connectivity index (χ1n) is 13.3. The molecule has 2 aromatic heterocycles. The SMILES string of the molecule is CCC[C@@H](c1nnnn1C1CCCC1)N(Cc1cc2cc(C)ccc2[nH]c1=O)C1CCCCC1. The van der Waals surface area contributed by atoms with E-state index in [1.165, 1.54) is 50.5 Å². The zero-order valence-electron chi connectivity index (χ0n) is 20.7. The minimum absolute atomic E-state index is 0.0165. The van der Waals surface area contributed by atoms with E-state index in [9.17, 15) is 4.79 Å². The summed E-state index contributed by atoms with van der Waals surface area (Å²) < 4.78 is 2.12. The van der Waals surface area contributed by atoms with Crippen LogP contribution in [-0.4, -0.2) is 36.1 Å². The molecule has 2 saturated carbocycles. The number of hydrogen-bond acceptors (Lipinski definition) is 5. The Morgan fingerprint density at radius 2 is 1.85 bits per heavy atom. The normalized spacial score (nSPS) is 18.8. The Kier molecular flexibility index (Phi) is 7.09. The zero-order chi connectivity index (χ0) is 23.5. The summed E-state index contributed by atoms with van der Waals surface area (Å²) in [6.45, 7) is 4.96. The summed E-state index contributed by atoms with van der Waals surface area (Å²) in [5, 5.41) is 14.3. The van der Waals surface area contributed by atoms with E-state index in [4.69, 9.17) is 0 Å². The number of tetrazole rings is 1. The smallest absolute Gasteiger partial charge is 0.252 e. The summed E-state index contributed by atoms with van der Waals surface area (Å²) in [4.78, 5) is 18.9. The minimum Gasteiger partial charge on any atom is -0.322 e. The third-order valence-electron chi connectivity index (χ3n) is 7.92. The molecule has 34 heavy (non-hydrogen) atoms. The number of aromatic nitrogens is 5. The minimum atomic E-state index is 0.0165. The average molecular weight is 463 g/mol. The van der Waals surface area contributed by atoms with Gasteiger partial charge in [0.05, 0.1) is 12.1 Å². The van der Waals surface area contributed by atoms with Crippen molar-refractivity contribution in [1.29, 1.82) is 0 Å². The number of aromatic amines is 1. The Bertz CT molecular complexity index is 1160. The van der Waals surface area contributed by atoms with Crippen LogP contribution in [0.15, 0.2) is 29.1 Å². The quantitative estimate of drug-likeness (QED) is 0.470. The molecule has 3 aromatic rings. The van der Waals surface area contributed by atoms with Gasteiger partial charge in [0.25, 0.3) is 5.56 Å². The van der Waals surface area contributed by atoms with Crippen molar-refractivity contribution in [3.8, 4) is 0 Å². The van der Waals surface area contributed by atoms with Gasteiger partial charge < -0.3 is 4.98 Å². The van der Waals surface area contributed by atoms with Gasteiger partial charge in [-0.15, -0.1) is 5.10 Å². The van der Waals surface area contributed by atoms with Crippen LogP contribution >= 0.6 is 0 Å². The van der Waals surface area contributed by atoms with Gasteiger partial charge in [-0.2, -0.15) is 0 Å². The van der Waals surface area contributed by atoms with Gasteiger partial charge in [-0.1, -0.05) is 57.1 Å². The molecule has 0 saturated heterocycles. The van der Waals surface area contributed by atoms with Gasteiger partial charge in [0, 0.05) is 23.7 Å². The maximum Gasteiger partial charge on any atom is 0.252 e. The van der Waals surface area contributed by atoms with Gasteiger partial charge in [-0.3, -0.25) is 9.69 Å². The molecule has 0 amide bonds. The lowest BCUT2D eigenvalue weighted by molar-refractivity contribution is 0.0798. The predicted octanol–water partition coefficient (Wildman–Crippen LogP) is 5.61. The van der Waals surface area contributed by atoms with Gasteiger partial charge >= 0.3 is 0 Å². The average Bonchev–Trinajstić information content (AvgIpc) is 3.54. The molecule has 0 spiro atoms. The summed E-state index contributed by atoms with van der Waals surface area (Å²) >= 11 is 0. The first kappa shape index (κ1) is 23.2. The van der Waals surface area contributed by atoms with E-state index in [0.29, 0.717) is 18.6 Å². The fourth-order valence-corrected chi connectivity index (χ4v) is 6.14. The Morgan fingerprint density at radius 1 is 1.09 bits per heavy atom. The number of benzene rings is 1. The predicted molar refractivity (Wildman–Crippen MR) is 135 cm³/mol. The summed E-state index contributed by atoms with van der Waals surface area (Å²) in [6, 6.07) is 9.29. The Morgan fingerprint density at radius 3 is 2.62 bits per heavy atom. The summed E-state index contributed by atoms with van der Waals surface area (Å²) in [6.07, 6.45) is 13.0. The number of pyridine rings is 1. The van der Waals surface area contributed by atoms with Gasteiger partial charge in [-0.25, -0.2) is 4.68 Å². The van der Waals surface area contributed by atoms with Crippen LogP contribution in [0.5, 0.6) is 0 Å². The van der Waals surface area contributed by atoms with Crippen molar-refractivity contribution in [3.63, 3.8) is 0 Å². The molecule has 2 heterocycles. The van der Waals surface area contributed by atoms with Crippen LogP contribution in [0.2, 0.25) is 0 Å². The standard InChI is InChI=1S/C27H38N6O/c1-3-9-25(26-29-30-31-33(26)23-12-7-8-13-23)32(22-10-5-4-6-11-22)18-21-17-20-16-19(2)14-15-24(20)28-27(21)34/h14-17,22-23,25H,3-13,18H2,1-2H3,(H,28,34)/t25-/m0/s1. The molecule has 7 heteroatoms. The first-order chi connectivity index (χ1) is 16.6. The van der Waals surface area contributed by atoms with Gasteiger partial charge in [0.15, 0.2) is 5.82 Å². The van der Waals surface area contributed by atoms with Crippen LogP contribution in [-0.2, 0) is 6.54 Å². The molecule has 182 valence electrons. The fourth-order valence-electron chi connectivity index (χ4n) is 6.14. The molecule has 0 aliphatic heterocycles. The third-order valence-corrected chi connectivity index (χ3v) is 7.92. The molecule has 2 fully saturated rings. The van der Waals surface area contributed by atoms with Crippen molar-refractivity contribution in [2.75, 3.05) is 0 Å². The monoisotopic (exact) mass is 462 g/mol. The number of hydrogen-bond donors (Lipinski definition) is 1. The van der Waals surface area contributed by atoms with Crippen molar-refractivity contribution >= 4 is 10.9 Å². The summed E-state index contributed by atoms with van der Waals surface area (Å²) in [5.74, 6) is 0.993. The topological polar surface area (TPSA) is 79.7 Å². The van der Waals surface area contributed by atoms with Crippen molar-refractivity contribution in [3.05, 3.63) is 51.6 Å². The molecule has 0 bridgehead atoms. The van der Waals surface area contributed by atoms with E-state index in [1.54, 1.807) is 0 Å². The molecule has 2 aliphatic rings. The fraction of sp³-hybridized carbons (Fsp3) is 0.630. The number of nitrogens with zero attached hydrogens (tertiary/aromatic N) is 5. The molecule has 2 aliphatic carbocycles. The number of rotatable bonds is 8. The van der Waals surface area contributed by atoms with Crippen LogP contribution in [0.25, 0.3) is 10.9 Å². The molecule has 5 rings (SSSR count). The molecule has 7 nitrogen and oxygen atoms in total. The van der Waals surface area contributed by atoms with Crippen LogP contribution < -0.4 is 5.56 Å². The lowest BCUT2D eigenvalue weighted by Gasteiger charge is -2.39. The Hall–Kier alpha value is -2.54. The summed E-state index contributed by atoms with van der Waals surface area (Å²) in [5.41, 5.74) is 2.96. The molecule has 0 unspecified atom stereocenters. The zero-order valence-corrected chi connectivity index (χ0v) is 20.7. The lowest BCUT2D eigenvalue weighted by atomic mass is 9.91. The second kappa shape index (κ2) is 10.4. The van der Waals surface area contributed by atoms with E-state index < -0.39 is 0 Å². The van der Waals surface area contributed by atoms with Crippen LogP contribution in [0, 0.1) is 6.92 Å². The molecule has 1 aromatic carbocycles. The number of aryl methyl sites for hydroxylation is 1. The highest BCUT2D eigenvalue weighted by molar-refractivity contribution is 5.79. The lowest BCUT2D eigenvalue weighted by Crippen LogP contribution is -2.41. The third kappa shape index (κ3) is 4.81. The maximum absolute atomic E-state index is 13.2. The number of H-pyrrole nitrogens is 1. The van der Waals surface area contributed by atoms with Crippen molar-refractivity contribution in [2.45, 2.75) is 109 Å². The van der Waals surface area contributed by atoms with Crippen LogP contribution in [0.3, 0.4) is 0 Å². The van der Waals surface area contributed by atoms with Gasteiger partial charge in [0.2, 0.25) is 0 Å². The van der Waals surface area contributed by atoms with Gasteiger partial charge in [-0.05, 0) is 73.0 Å². The van der Waals surface area contributed by atoms with E-state index >= 15 is 0 Å². The van der Waals surface area contributed by atoms with E-state index in [2.05, 4.69) is 56.1 Å². The van der Waals surface area contributed by atoms with Crippen molar-refractivity contribution in [1.82, 2.24) is 30.1 Å². The van der Waals surface area contributed by atoms with Crippen molar-refractivity contribution in [2.24, 2.45) is 0 Å². The second-order valence-electron chi connectivity index (χ2n) is 10.4. The van der Waals surface area contributed by atoms with Crippen molar-refractivity contribution < 1.29 is 0 Å². The maximum atomic E-state index is 13.2. The number of fused-ring (bicyclic) bond motifs is 1. The number of nitrogens with one attached hydrogen (secondary N) is 1.